The lowest BCUT2D eigenvalue weighted by Gasteiger charge is -2.06. The molecule has 2 N–H and O–H groups in total. The summed E-state index contributed by atoms with van der Waals surface area (Å²) in [6.07, 6.45) is 0. The molecule has 0 aliphatic carbocycles. The molecule has 1 aromatic heterocycles. The van der Waals surface area contributed by atoms with E-state index in [1.54, 1.807) is 0 Å². The van der Waals surface area contributed by atoms with E-state index in [1.807, 2.05) is 48.5 Å². The summed E-state index contributed by atoms with van der Waals surface area (Å²) < 4.78 is 12.7. The number of nitrogens with two attached hydrogens (primary N) is 1. The molecule has 3 nitrogen and oxygen atoms in total. The van der Waals surface area contributed by atoms with Crippen molar-refractivity contribution in [2.75, 3.05) is 0 Å². The van der Waals surface area contributed by atoms with Crippen LogP contribution >= 0.6 is 15.9 Å². The summed E-state index contributed by atoms with van der Waals surface area (Å²) in [7, 11) is 0. The van der Waals surface area contributed by atoms with Crippen molar-refractivity contribution in [1.29, 1.82) is 0 Å². The second kappa shape index (κ2) is 6.43. The number of hydrogen-bond donors (Lipinski definition) is 1. The van der Waals surface area contributed by atoms with Gasteiger partial charge < -0.3 is 14.9 Å². The predicted octanol–water partition coefficient (Wildman–Crippen LogP) is 4.37. The van der Waals surface area contributed by atoms with E-state index in [0.29, 0.717) is 19.8 Å². The molecule has 1 heterocycles. The molecular weight excluding hydrogens is 330 g/mol. The van der Waals surface area contributed by atoms with Gasteiger partial charge in [-0.15, -0.1) is 0 Å². The van der Waals surface area contributed by atoms with Gasteiger partial charge in [-0.05, 0) is 17.7 Å². The van der Waals surface area contributed by atoms with Crippen LogP contribution in [-0.4, -0.2) is 0 Å². The minimum absolute atomic E-state index is 0.419. The molecule has 108 valence electrons. The Bertz CT molecular complexity index is 751. The van der Waals surface area contributed by atoms with Crippen LogP contribution in [-0.2, 0) is 24.5 Å². The topological polar surface area (TPSA) is 48.4 Å². The van der Waals surface area contributed by atoms with E-state index < -0.39 is 0 Å². The average Bonchev–Trinajstić information content (AvgIpc) is 2.86. The highest BCUT2D eigenvalue weighted by Crippen LogP contribution is 2.26. The summed E-state index contributed by atoms with van der Waals surface area (Å²) in [6.45, 7) is 1.40. The first-order chi connectivity index (χ1) is 10.3. The van der Waals surface area contributed by atoms with Gasteiger partial charge in [0.25, 0.3) is 0 Å². The number of furan rings is 1. The fourth-order valence-electron chi connectivity index (χ4n) is 2.36. The number of rotatable bonds is 5. The van der Waals surface area contributed by atoms with Crippen LogP contribution in [0, 0.1) is 0 Å². The number of halogens is 1. The third-order valence-corrected chi connectivity index (χ3v) is 4.21. The molecule has 4 heteroatoms. The highest BCUT2D eigenvalue weighted by Gasteiger charge is 2.12. The summed E-state index contributed by atoms with van der Waals surface area (Å²) in [5, 5.41) is 1.07. The van der Waals surface area contributed by atoms with Crippen LogP contribution in [0.1, 0.15) is 16.9 Å². The van der Waals surface area contributed by atoms with Crippen molar-refractivity contribution in [2.24, 2.45) is 5.73 Å². The molecule has 21 heavy (non-hydrogen) atoms. The molecule has 0 spiro atoms. The van der Waals surface area contributed by atoms with Crippen molar-refractivity contribution >= 4 is 26.9 Å². The van der Waals surface area contributed by atoms with E-state index >= 15 is 0 Å². The van der Waals surface area contributed by atoms with Gasteiger partial charge >= 0.3 is 0 Å². The van der Waals surface area contributed by atoms with E-state index in [4.69, 9.17) is 14.9 Å². The van der Waals surface area contributed by atoms with Crippen molar-refractivity contribution in [3.05, 3.63) is 69.9 Å². The molecule has 2 aromatic carbocycles. The zero-order valence-electron chi connectivity index (χ0n) is 11.5. The van der Waals surface area contributed by atoms with Crippen LogP contribution in [0.4, 0.5) is 0 Å². The van der Waals surface area contributed by atoms with Gasteiger partial charge in [0, 0.05) is 22.0 Å². The first-order valence-electron chi connectivity index (χ1n) is 6.80. The summed E-state index contributed by atoms with van der Waals surface area (Å²) in [5.41, 5.74) is 8.84. The molecule has 0 aliphatic rings. The molecular formula is C17H16BrNO2. The first kappa shape index (κ1) is 14.3. The van der Waals surface area contributed by atoms with Gasteiger partial charge in [0.2, 0.25) is 0 Å². The van der Waals surface area contributed by atoms with Crippen LogP contribution in [0.15, 0.2) is 57.4 Å². The zero-order valence-corrected chi connectivity index (χ0v) is 13.1. The van der Waals surface area contributed by atoms with Crippen LogP contribution in [0.25, 0.3) is 11.0 Å². The Kier molecular flexibility index (Phi) is 4.39. The smallest absolute Gasteiger partial charge is 0.135 e. The molecule has 3 aromatic rings. The van der Waals surface area contributed by atoms with Gasteiger partial charge in [-0.2, -0.15) is 0 Å². The van der Waals surface area contributed by atoms with Crippen LogP contribution in [0.5, 0.6) is 0 Å². The maximum Gasteiger partial charge on any atom is 0.135 e. The van der Waals surface area contributed by atoms with Gasteiger partial charge in [-0.3, -0.25) is 0 Å². The van der Waals surface area contributed by atoms with Crippen molar-refractivity contribution in [2.45, 2.75) is 19.8 Å². The Morgan fingerprint density at radius 3 is 2.57 bits per heavy atom. The summed E-state index contributed by atoms with van der Waals surface area (Å²) in [5.74, 6) is 0.811. The molecule has 0 bridgehead atoms. The van der Waals surface area contributed by atoms with E-state index in [-0.39, 0.29) is 0 Å². The Hall–Kier alpha value is -1.62. The second-order valence-electron chi connectivity index (χ2n) is 4.79. The quantitative estimate of drug-likeness (QED) is 0.746. The van der Waals surface area contributed by atoms with E-state index in [1.165, 1.54) is 0 Å². The molecule has 0 aliphatic heterocycles. The molecule has 0 radical (unpaired) electrons. The number of hydrogen-bond acceptors (Lipinski definition) is 3. The van der Waals surface area contributed by atoms with Gasteiger partial charge in [0.1, 0.15) is 18.0 Å². The van der Waals surface area contributed by atoms with Crippen molar-refractivity contribution in [3.8, 4) is 0 Å². The Balaban J connectivity index is 1.75. The molecule has 0 amide bonds. The lowest BCUT2D eigenvalue weighted by Crippen LogP contribution is -2.01. The van der Waals surface area contributed by atoms with E-state index in [0.717, 1.165) is 32.3 Å². The zero-order chi connectivity index (χ0) is 14.7. The Morgan fingerprint density at radius 2 is 1.76 bits per heavy atom. The van der Waals surface area contributed by atoms with Gasteiger partial charge in [0.15, 0.2) is 0 Å². The fraction of sp³-hybridized carbons (Fsp3) is 0.176. The van der Waals surface area contributed by atoms with E-state index in [9.17, 15) is 0 Å². The highest BCUT2D eigenvalue weighted by atomic mass is 79.9. The minimum Gasteiger partial charge on any atom is -0.458 e. The predicted molar refractivity (Wildman–Crippen MR) is 86.7 cm³/mol. The number of benzene rings is 2. The van der Waals surface area contributed by atoms with Gasteiger partial charge in [0.05, 0.1) is 6.61 Å². The Labute approximate surface area is 131 Å². The lowest BCUT2D eigenvalue weighted by molar-refractivity contribution is 0.0930. The fourth-order valence-corrected chi connectivity index (χ4v) is 2.76. The number of fused-ring (bicyclic) bond motifs is 1. The third-order valence-electron chi connectivity index (χ3n) is 3.43. The van der Waals surface area contributed by atoms with Gasteiger partial charge in [-0.25, -0.2) is 0 Å². The van der Waals surface area contributed by atoms with Crippen molar-refractivity contribution in [1.82, 2.24) is 0 Å². The SMILES string of the molecule is NCc1c(COCc2ccccc2Br)oc2ccccc12. The van der Waals surface area contributed by atoms with E-state index in [2.05, 4.69) is 15.9 Å². The lowest BCUT2D eigenvalue weighted by atomic mass is 10.1. The maximum atomic E-state index is 5.85. The normalized spacial score (nSPS) is 11.1. The standard InChI is InChI=1S/C17H16BrNO2/c18-15-7-3-1-5-12(15)10-20-11-17-14(9-19)13-6-2-4-8-16(13)21-17/h1-8H,9-11,19H2. The Morgan fingerprint density at radius 1 is 1.00 bits per heavy atom. The molecule has 0 atom stereocenters. The minimum atomic E-state index is 0.419. The molecule has 0 saturated heterocycles. The first-order valence-corrected chi connectivity index (χ1v) is 7.59. The summed E-state index contributed by atoms with van der Waals surface area (Å²) in [4.78, 5) is 0. The van der Waals surface area contributed by atoms with Crippen LogP contribution in [0.2, 0.25) is 0 Å². The monoisotopic (exact) mass is 345 g/mol. The van der Waals surface area contributed by atoms with Crippen LogP contribution in [0.3, 0.4) is 0 Å². The largest absolute Gasteiger partial charge is 0.458 e. The number of para-hydroxylation sites is 1. The highest BCUT2D eigenvalue weighted by molar-refractivity contribution is 9.10. The maximum absolute atomic E-state index is 5.85. The second-order valence-corrected chi connectivity index (χ2v) is 5.64. The number of ether oxygens (including phenoxy) is 1. The summed E-state index contributed by atoms with van der Waals surface area (Å²) >= 11 is 3.52. The molecule has 0 saturated carbocycles. The van der Waals surface area contributed by atoms with Crippen LogP contribution < -0.4 is 5.73 Å². The average molecular weight is 346 g/mol. The van der Waals surface area contributed by atoms with Crippen molar-refractivity contribution < 1.29 is 9.15 Å². The molecule has 3 rings (SSSR count). The molecule has 0 fully saturated rings. The van der Waals surface area contributed by atoms with Gasteiger partial charge in [-0.1, -0.05) is 52.3 Å². The molecule has 0 unspecified atom stereocenters. The van der Waals surface area contributed by atoms with Crippen molar-refractivity contribution in [3.63, 3.8) is 0 Å². The summed E-state index contributed by atoms with van der Waals surface area (Å²) in [6, 6.07) is 15.9. The third kappa shape index (κ3) is 3.02.